The number of amides is 2. The molecule has 124 valence electrons. The summed E-state index contributed by atoms with van der Waals surface area (Å²) in [5, 5.41) is 5.64. The van der Waals surface area contributed by atoms with Gasteiger partial charge in [-0.3, -0.25) is 5.32 Å². The molecule has 0 spiro atoms. The Hall–Kier alpha value is -2.63. The second kappa shape index (κ2) is 6.11. The van der Waals surface area contributed by atoms with Crippen LogP contribution in [0.1, 0.15) is 42.3 Å². The average molecular weight is 327 g/mol. The van der Waals surface area contributed by atoms with Crippen LogP contribution in [0.2, 0.25) is 0 Å². The molecule has 1 aromatic carbocycles. The van der Waals surface area contributed by atoms with Gasteiger partial charge >= 0.3 is 6.03 Å². The number of ether oxygens (including phenoxy) is 1. The lowest BCUT2D eigenvalue weighted by Crippen LogP contribution is -2.35. The highest BCUT2D eigenvalue weighted by atomic mass is 19.1. The van der Waals surface area contributed by atoms with E-state index in [0.29, 0.717) is 30.3 Å². The van der Waals surface area contributed by atoms with Gasteiger partial charge < -0.3 is 10.1 Å². The molecule has 0 saturated heterocycles. The van der Waals surface area contributed by atoms with Gasteiger partial charge in [-0.25, -0.2) is 14.2 Å². The van der Waals surface area contributed by atoms with Crippen LogP contribution in [0, 0.1) is 5.82 Å². The van der Waals surface area contributed by atoms with Gasteiger partial charge in [0.1, 0.15) is 5.82 Å². The summed E-state index contributed by atoms with van der Waals surface area (Å²) < 4.78 is 19.2. The Morgan fingerprint density at radius 1 is 1.25 bits per heavy atom. The summed E-state index contributed by atoms with van der Waals surface area (Å²) in [6, 6.07) is 8.01. The number of nitrogens with zero attached hydrogens (tertiary/aromatic N) is 1. The summed E-state index contributed by atoms with van der Waals surface area (Å²) in [6.45, 7) is 0.369. The second-order valence-corrected chi connectivity index (χ2v) is 6.20. The highest BCUT2D eigenvalue weighted by Crippen LogP contribution is 2.40. The van der Waals surface area contributed by atoms with Crippen molar-refractivity contribution in [2.75, 3.05) is 11.9 Å². The van der Waals surface area contributed by atoms with Crippen molar-refractivity contribution in [3.63, 3.8) is 0 Å². The minimum absolute atomic E-state index is 0.225. The molecule has 2 aromatic rings. The number of rotatable bonds is 3. The van der Waals surface area contributed by atoms with Crippen molar-refractivity contribution < 1.29 is 13.9 Å². The Morgan fingerprint density at radius 2 is 2.12 bits per heavy atom. The Labute approximate surface area is 139 Å². The first-order valence-electron chi connectivity index (χ1n) is 8.15. The van der Waals surface area contributed by atoms with Crippen LogP contribution < -0.4 is 15.4 Å². The molecule has 24 heavy (non-hydrogen) atoms. The van der Waals surface area contributed by atoms with Crippen molar-refractivity contribution in [1.82, 2.24) is 10.3 Å². The first-order chi connectivity index (χ1) is 11.7. The van der Waals surface area contributed by atoms with E-state index in [4.69, 9.17) is 4.74 Å². The summed E-state index contributed by atoms with van der Waals surface area (Å²) in [5.41, 5.74) is 1.87. The van der Waals surface area contributed by atoms with E-state index in [2.05, 4.69) is 15.6 Å². The molecule has 0 bridgehead atoms. The zero-order valence-corrected chi connectivity index (χ0v) is 13.1. The van der Waals surface area contributed by atoms with Crippen molar-refractivity contribution in [2.24, 2.45) is 0 Å². The lowest BCUT2D eigenvalue weighted by Gasteiger charge is -2.26. The number of anilines is 1. The van der Waals surface area contributed by atoms with Crippen LogP contribution in [0.4, 0.5) is 15.0 Å². The van der Waals surface area contributed by atoms with Gasteiger partial charge in [-0.05, 0) is 42.5 Å². The summed E-state index contributed by atoms with van der Waals surface area (Å²) in [6.07, 6.45) is 4.70. The minimum Gasteiger partial charge on any atom is -0.490 e. The number of carbonyl (C=O) groups is 1. The van der Waals surface area contributed by atoms with Crippen LogP contribution in [0.5, 0.6) is 5.75 Å². The molecule has 1 aromatic heterocycles. The number of benzene rings is 1. The molecule has 2 N–H and O–H groups in total. The van der Waals surface area contributed by atoms with E-state index < -0.39 is 5.82 Å². The second-order valence-electron chi connectivity index (χ2n) is 6.20. The number of hydrogen-bond donors (Lipinski definition) is 2. The SMILES string of the molecule is O=C(Nc1cc(C2CC2)ccn1)N[C@H]1CCOc2c(F)cccc21. The number of aromatic nitrogens is 1. The van der Waals surface area contributed by atoms with Gasteiger partial charge in [0.25, 0.3) is 0 Å². The lowest BCUT2D eigenvalue weighted by molar-refractivity contribution is 0.227. The van der Waals surface area contributed by atoms with E-state index in [0.717, 1.165) is 0 Å². The molecule has 0 radical (unpaired) electrons. The number of pyridine rings is 1. The number of fused-ring (bicyclic) bond motifs is 1. The highest BCUT2D eigenvalue weighted by molar-refractivity contribution is 5.88. The zero-order valence-electron chi connectivity index (χ0n) is 13.1. The Kier molecular flexibility index (Phi) is 3.80. The first-order valence-corrected chi connectivity index (χ1v) is 8.15. The molecule has 2 heterocycles. The fourth-order valence-electron chi connectivity index (χ4n) is 3.03. The van der Waals surface area contributed by atoms with Crippen LogP contribution in [-0.4, -0.2) is 17.6 Å². The minimum atomic E-state index is -0.404. The predicted octanol–water partition coefficient (Wildman–Crippen LogP) is 3.74. The third-order valence-corrected chi connectivity index (χ3v) is 4.41. The zero-order chi connectivity index (χ0) is 16.5. The van der Waals surface area contributed by atoms with Crippen molar-refractivity contribution in [3.05, 3.63) is 53.5 Å². The largest absolute Gasteiger partial charge is 0.490 e. The summed E-state index contributed by atoms with van der Waals surface area (Å²) in [5.74, 6) is 0.950. The van der Waals surface area contributed by atoms with Crippen LogP contribution in [0.15, 0.2) is 36.5 Å². The Morgan fingerprint density at radius 3 is 2.96 bits per heavy atom. The van der Waals surface area contributed by atoms with Gasteiger partial charge in [0.05, 0.1) is 12.6 Å². The maximum atomic E-state index is 13.8. The summed E-state index contributed by atoms with van der Waals surface area (Å²) in [7, 11) is 0. The Balaban J connectivity index is 1.45. The van der Waals surface area contributed by atoms with Gasteiger partial charge in [0, 0.05) is 18.2 Å². The van der Waals surface area contributed by atoms with Gasteiger partial charge in [-0.1, -0.05) is 12.1 Å². The molecule has 1 aliphatic heterocycles. The Bertz CT molecular complexity index is 777. The number of para-hydroxylation sites is 1. The standard InChI is InChI=1S/C18H18FN3O2/c19-14-3-1-2-13-15(7-9-24-17(13)14)21-18(23)22-16-10-12(6-8-20-16)11-4-5-11/h1-3,6,8,10-11,15H,4-5,7,9H2,(H2,20,21,22,23)/t15-/m0/s1. The average Bonchev–Trinajstić information content (AvgIpc) is 3.41. The maximum Gasteiger partial charge on any atom is 0.320 e. The number of halogens is 1. The maximum absolute atomic E-state index is 13.8. The number of nitrogens with one attached hydrogen (secondary N) is 2. The first kappa shape index (κ1) is 14.9. The molecule has 4 rings (SSSR count). The predicted molar refractivity (Wildman–Crippen MR) is 87.6 cm³/mol. The normalized spacial score (nSPS) is 19.1. The molecule has 1 atom stereocenters. The van der Waals surface area contributed by atoms with Gasteiger partial charge in [0.15, 0.2) is 11.6 Å². The van der Waals surface area contributed by atoms with Gasteiger partial charge in [-0.2, -0.15) is 0 Å². The van der Waals surface area contributed by atoms with Crippen LogP contribution in [0.3, 0.4) is 0 Å². The smallest absolute Gasteiger partial charge is 0.320 e. The fraction of sp³-hybridized carbons (Fsp3) is 0.333. The van der Waals surface area contributed by atoms with Crippen molar-refractivity contribution in [2.45, 2.75) is 31.2 Å². The molecule has 2 amide bonds. The number of hydrogen-bond acceptors (Lipinski definition) is 3. The van der Waals surface area contributed by atoms with E-state index in [9.17, 15) is 9.18 Å². The van der Waals surface area contributed by atoms with E-state index in [1.165, 1.54) is 24.5 Å². The molecule has 1 saturated carbocycles. The van der Waals surface area contributed by atoms with Crippen LogP contribution in [-0.2, 0) is 0 Å². The van der Waals surface area contributed by atoms with Crippen molar-refractivity contribution in [1.29, 1.82) is 0 Å². The molecule has 6 heteroatoms. The lowest BCUT2D eigenvalue weighted by atomic mass is 10.0. The van der Waals surface area contributed by atoms with E-state index >= 15 is 0 Å². The molecule has 5 nitrogen and oxygen atoms in total. The van der Waals surface area contributed by atoms with Crippen molar-refractivity contribution in [3.8, 4) is 5.75 Å². The van der Waals surface area contributed by atoms with E-state index in [1.807, 2.05) is 12.1 Å². The highest BCUT2D eigenvalue weighted by Gasteiger charge is 2.26. The number of urea groups is 1. The van der Waals surface area contributed by atoms with Crippen LogP contribution >= 0.6 is 0 Å². The monoisotopic (exact) mass is 327 g/mol. The molecular formula is C18H18FN3O2. The van der Waals surface area contributed by atoms with Gasteiger partial charge in [0.2, 0.25) is 0 Å². The van der Waals surface area contributed by atoms with E-state index in [-0.39, 0.29) is 17.8 Å². The van der Waals surface area contributed by atoms with Crippen LogP contribution in [0.25, 0.3) is 0 Å². The molecule has 1 aliphatic carbocycles. The van der Waals surface area contributed by atoms with Gasteiger partial charge in [-0.15, -0.1) is 0 Å². The summed E-state index contributed by atoms with van der Waals surface area (Å²) >= 11 is 0. The topological polar surface area (TPSA) is 63.2 Å². The third kappa shape index (κ3) is 3.04. The number of carbonyl (C=O) groups excluding carboxylic acids is 1. The molecule has 0 unspecified atom stereocenters. The summed E-state index contributed by atoms with van der Waals surface area (Å²) in [4.78, 5) is 16.5. The molecule has 2 aliphatic rings. The molecule has 1 fully saturated rings. The quantitative estimate of drug-likeness (QED) is 0.902. The van der Waals surface area contributed by atoms with Crippen molar-refractivity contribution >= 4 is 11.8 Å². The van der Waals surface area contributed by atoms with E-state index in [1.54, 1.807) is 18.3 Å². The molecular weight excluding hydrogens is 309 g/mol. The third-order valence-electron chi connectivity index (χ3n) is 4.41. The fourth-order valence-corrected chi connectivity index (χ4v) is 3.03.